The molecule has 0 spiro atoms. The first kappa shape index (κ1) is 21.6. The van der Waals surface area contributed by atoms with Crippen LogP contribution in [0.25, 0.3) is 5.65 Å². The number of methoxy groups -OCH3 is 1. The second-order valence-corrected chi connectivity index (χ2v) is 7.84. The van der Waals surface area contributed by atoms with Gasteiger partial charge in [0.05, 0.1) is 23.5 Å². The third-order valence-electron chi connectivity index (χ3n) is 4.78. The van der Waals surface area contributed by atoms with Crippen molar-refractivity contribution >= 4 is 33.7 Å². The van der Waals surface area contributed by atoms with Crippen LogP contribution in [-0.4, -0.2) is 28.6 Å². The molecule has 2 aromatic heterocycles. The number of carbonyl (C=O) groups is 1. The number of hydrazone groups is 1. The number of nitrogens with one attached hydrogen (secondary N) is 1. The van der Waals surface area contributed by atoms with Crippen molar-refractivity contribution in [1.29, 1.82) is 0 Å². The second-order valence-electron chi connectivity index (χ2n) is 6.98. The van der Waals surface area contributed by atoms with Crippen molar-refractivity contribution in [3.63, 3.8) is 0 Å². The molecule has 7 nitrogen and oxygen atoms in total. The standard InChI is InChI=1S/C24H21BrN4O3/c1-16-22(29-11-7-6-10-21(29)27-16)24(30)28-26-14-18-12-19(25)23(20(13-18)31-2)32-15-17-8-4-3-5-9-17/h3-14H,15H2,1-2H3,(H,28,30). The van der Waals surface area contributed by atoms with Gasteiger partial charge in [-0.2, -0.15) is 5.10 Å². The van der Waals surface area contributed by atoms with Gasteiger partial charge in [-0.15, -0.1) is 0 Å². The molecule has 8 heteroatoms. The normalized spacial score (nSPS) is 11.1. The molecule has 1 amide bonds. The molecule has 0 fully saturated rings. The molecule has 4 rings (SSSR count). The molecule has 0 saturated carbocycles. The quantitative estimate of drug-likeness (QED) is 0.298. The molecule has 0 radical (unpaired) electrons. The van der Waals surface area contributed by atoms with Crippen LogP contribution in [0, 0.1) is 6.92 Å². The highest BCUT2D eigenvalue weighted by Gasteiger charge is 2.16. The highest BCUT2D eigenvalue weighted by Crippen LogP contribution is 2.36. The average Bonchev–Trinajstić information content (AvgIpc) is 3.14. The van der Waals surface area contributed by atoms with E-state index in [1.54, 1.807) is 36.9 Å². The number of amides is 1. The zero-order chi connectivity index (χ0) is 22.5. The first-order chi connectivity index (χ1) is 15.6. The van der Waals surface area contributed by atoms with Crippen LogP contribution >= 0.6 is 15.9 Å². The number of rotatable bonds is 7. The number of halogens is 1. The molecule has 32 heavy (non-hydrogen) atoms. The molecule has 0 bridgehead atoms. The van der Waals surface area contributed by atoms with E-state index >= 15 is 0 Å². The third kappa shape index (κ3) is 4.65. The Morgan fingerprint density at radius 2 is 1.97 bits per heavy atom. The number of aromatic nitrogens is 2. The Bertz CT molecular complexity index is 1290. The number of nitrogens with zero attached hydrogens (tertiary/aromatic N) is 3. The van der Waals surface area contributed by atoms with E-state index < -0.39 is 0 Å². The minimum Gasteiger partial charge on any atom is -0.493 e. The van der Waals surface area contributed by atoms with E-state index in [1.807, 2.05) is 54.6 Å². The van der Waals surface area contributed by atoms with Gasteiger partial charge in [-0.25, -0.2) is 10.4 Å². The van der Waals surface area contributed by atoms with E-state index in [0.29, 0.717) is 35.1 Å². The van der Waals surface area contributed by atoms with Crippen LogP contribution in [-0.2, 0) is 6.61 Å². The molecule has 0 aliphatic rings. The minimum atomic E-state index is -0.341. The zero-order valence-corrected chi connectivity index (χ0v) is 19.2. The summed E-state index contributed by atoms with van der Waals surface area (Å²) >= 11 is 3.54. The maximum atomic E-state index is 12.7. The Balaban J connectivity index is 1.48. The summed E-state index contributed by atoms with van der Waals surface area (Å²) in [6.45, 7) is 2.21. The Hall–Kier alpha value is -3.65. The maximum absolute atomic E-state index is 12.7. The van der Waals surface area contributed by atoms with Gasteiger partial charge in [0.2, 0.25) is 0 Å². The summed E-state index contributed by atoms with van der Waals surface area (Å²) in [5.41, 5.74) is 6.14. The Morgan fingerprint density at radius 3 is 2.75 bits per heavy atom. The van der Waals surface area contributed by atoms with Crippen LogP contribution < -0.4 is 14.9 Å². The number of ether oxygens (including phenoxy) is 2. The molecule has 0 aliphatic carbocycles. The van der Waals surface area contributed by atoms with Gasteiger partial charge < -0.3 is 9.47 Å². The summed E-state index contributed by atoms with van der Waals surface area (Å²) in [5.74, 6) is 0.811. The first-order valence-electron chi connectivity index (χ1n) is 9.88. The number of hydrogen-bond acceptors (Lipinski definition) is 5. The fourth-order valence-electron chi connectivity index (χ4n) is 3.29. The van der Waals surface area contributed by atoms with E-state index in [4.69, 9.17) is 9.47 Å². The summed E-state index contributed by atoms with van der Waals surface area (Å²) in [6.07, 6.45) is 3.34. The van der Waals surface area contributed by atoms with Crippen LogP contribution in [0.2, 0.25) is 0 Å². The van der Waals surface area contributed by atoms with E-state index in [0.717, 1.165) is 15.6 Å². The van der Waals surface area contributed by atoms with Gasteiger partial charge in [-0.1, -0.05) is 36.4 Å². The van der Waals surface area contributed by atoms with Gasteiger partial charge in [0.15, 0.2) is 11.5 Å². The van der Waals surface area contributed by atoms with Gasteiger partial charge in [0.1, 0.15) is 17.9 Å². The predicted octanol–water partition coefficient (Wildman–Crippen LogP) is 4.76. The van der Waals surface area contributed by atoms with Gasteiger partial charge in [-0.3, -0.25) is 9.20 Å². The van der Waals surface area contributed by atoms with Gasteiger partial charge >= 0.3 is 0 Å². The maximum Gasteiger partial charge on any atom is 0.290 e. The highest BCUT2D eigenvalue weighted by atomic mass is 79.9. The predicted molar refractivity (Wildman–Crippen MR) is 126 cm³/mol. The summed E-state index contributed by atoms with van der Waals surface area (Å²) in [4.78, 5) is 17.1. The molecule has 0 aliphatic heterocycles. The highest BCUT2D eigenvalue weighted by molar-refractivity contribution is 9.10. The number of carbonyl (C=O) groups excluding carboxylic acids is 1. The molecule has 2 heterocycles. The molecular weight excluding hydrogens is 472 g/mol. The first-order valence-corrected chi connectivity index (χ1v) is 10.7. The molecule has 0 unspecified atom stereocenters. The lowest BCUT2D eigenvalue weighted by Gasteiger charge is -2.13. The number of pyridine rings is 1. The molecule has 0 atom stereocenters. The molecule has 4 aromatic rings. The SMILES string of the molecule is COc1cc(C=NNC(=O)c2c(C)nc3ccccn23)cc(Br)c1OCc1ccccc1. The van der Waals surface area contributed by atoms with Crippen molar-refractivity contribution in [1.82, 2.24) is 14.8 Å². The number of benzene rings is 2. The Labute approximate surface area is 193 Å². The van der Waals surface area contributed by atoms with E-state index in [1.165, 1.54) is 0 Å². The van der Waals surface area contributed by atoms with Crippen molar-refractivity contribution in [2.75, 3.05) is 7.11 Å². The fourth-order valence-corrected chi connectivity index (χ4v) is 3.86. The van der Waals surface area contributed by atoms with Crippen molar-refractivity contribution in [2.45, 2.75) is 13.5 Å². The summed E-state index contributed by atoms with van der Waals surface area (Å²) < 4.78 is 13.9. The van der Waals surface area contributed by atoms with Crippen molar-refractivity contribution in [2.24, 2.45) is 5.10 Å². The van der Waals surface area contributed by atoms with Crippen molar-refractivity contribution < 1.29 is 14.3 Å². The number of imidazole rings is 1. The third-order valence-corrected chi connectivity index (χ3v) is 5.37. The molecule has 162 valence electrons. The van der Waals surface area contributed by atoms with Crippen LogP contribution in [0.4, 0.5) is 0 Å². The van der Waals surface area contributed by atoms with Crippen LogP contribution in [0.15, 0.2) is 76.4 Å². The summed E-state index contributed by atoms with van der Waals surface area (Å²) in [6, 6.07) is 19.1. The van der Waals surface area contributed by atoms with E-state index in [2.05, 4.69) is 31.4 Å². The molecule has 0 saturated heterocycles. The number of fused-ring (bicyclic) bond motifs is 1. The lowest BCUT2D eigenvalue weighted by molar-refractivity contribution is 0.0948. The number of aryl methyl sites for hydroxylation is 1. The summed E-state index contributed by atoms with van der Waals surface area (Å²) in [7, 11) is 1.58. The second kappa shape index (κ2) is 9.65. The van der Waals surface area contributed by atoms with Crippen LogP contribution in [0.5, 0.6) is 11.5 Å². The Kier molecular flexibility index (Phi) is 6.51. The molecular formula is C24H21BrN4O3. The minimum absolute atomic E-state index is 0.341. The van der Waals surface area contributed by atoms with Gasteiger partial charge in [0, 0.05) is 6.20 Å². The lowest BCUT2D eigenvalue weighted by Crippen LogP contribution is -2.20. The van der Waals surface area contributed by atoms with Crippen molar-refractivity contribution in [3.8, 4) is 11.5 Å². The van der Waals surface area contributed by atoms with Crippen molar-refractivity contribution in [3.05, 3.63) is 93.8 Å². The lowest BCUT2D eigenvalue weighted by atomic mass is 10.2. The van der Waals surface area contributed by atoms with Gasteiger partial charge in [0.25, 0.3) is 5.91 Å². The Morgan fingerprint density at radius 1 is 1.19 bits per heavy atom. The van der Waals surface area contributed by atoms with Crippen LogP contribution in [0.3, 0.4) is 0 Å². The fraction of sp³-hybridized carbons (Fsp3) is 0.125. The monoisotopic (exact) mass is 492 g/mol. The molecule has 1 N–H and O–H groups in total. The molecule has 2 aromatic carbocycles. The van der Waals surface area contributed by atoms with Gasteiger partial charge in [-0.05, 0) is 58.2 Å². The largest absolute Gasteiger partial charge is 0.493 e. The average molecular weight is 493 g/mol. The summed E-state index contributed by atoms with van der Waals surface area (Å²) in [5, 5.41) is 4.10. The van der Waals surface area contributed by atoms with E-state index in [-0.39, 0.29) is 5.91 Å². The zero-order valence-electron chi connectivity index (χ0n) is 17.6. The topological polar surface area (TPSA) is 77.2 Å². The smallest absolute Gasteiger partial charge is 0.290 e. The van der Waals surface area contributed by atoms with Crippen LogP contribution in [0.1, 0.15) is 27.3 Å². The van der Waals surface area contributed by atoms with E-state index in [9.17, 15) is 4.79 Å². The number of hydrogen-bond donors (Lipinski definition) is 1.